The zero-order chi connectivity index (χ0) is 10.7. The van der Waals surface area contributed by atoms with Crippen molar-refractivity contribution in [3.63, 3.8) is 0 Å². The summed E-state index contributed by atoms with van der Waals surface area (Å²) >= 11 is 0. The summed E-state index contributed by atoms with van der Waals surface area (Å²) in [5, 5.41) is 39.4. The van der Waals surface area contributed by atoms with Gasteiger partial charge in [0.05, 0.1) is 12.6 Å². The Hall–Kier alpha value is -0.890. The fourth-order valence-electron chi connectivity index (χ4n) is 1.28. The van der Waals surface area contributed by atoms with Crippen molar-refractivity contribution in [3.8, 4) is 0 Å². The topological polar surface area (TPSA) is 139 Å². The minimum Gasteiger partial charge on any atom is -0.396 e. The van der Waals surface area contributed by atoms with Gasteiger partial charge in [-0.2, -0.15) is 0 Å². The first-order valence-electron chi connectivity index (χ1n) is 3.96. The van der Waals surface area contributed by atoms with Gasteiger partial charge in [0.15, 0.2) is 6.29 Å². The minimum atomic E-state index is -1.53. The van der Waals surface area contributed by atoms with Crippen LogP contribution in [0.1, 0.15) is 0 Å². The Labute approximate surface area is 79.0 Å². The molecule has 1 heterocycles. The maximum atomic E-state index is 9.33. The Morgan fingerprint density at radius 2 is 2.00 bits per heavy atom. The number of ether oxygens (including phenoxy) is 1. The molecule has 0 aromatic heterocycles. The highest BCUT2D eigenvalue weighted by molar-refractivity contribution is 4.93. The van der Waals surface area contributed by atoms with Gasteiger partial charge in [-0.1, -0.05) is 5.11 Å². The fraction of sp³-hybridized carbons (Fsp3) is 1.00. The van der Waals surface area contributed by atoms with Crippen LogP contribution < -0.4 is 0 Å². The summed E-state index contributed by atoms with van der Waals surface area (Å²) in [6, 6.07) is -1.03. The molecular formula is C6H11N3O5. The Kier molecular flexibility index (Phi) is 3.64. The lowest BCUT2D eigenvalue weighted by atomic mass is 10.1. The molecule has 0 saturated carbocycles. The van der Waals surface area contributed by atoms with Crippen molar-refractivity contribution in [2.75, 3.05) is 6.61 Å². The largest absolute Gasteiger partial charge is 0.396 e. The second-order valence-corrected chi connectivity index (χ2v) is 2.93. The summed E-state index contributed by atoms with van der Waals surface area (Å²) in [7, 11) is 0. The maximum Gasteiger partial charge on any atom is 0.183 e. The second kappa shape index (κ2) is 4.56. The molecular weight excluding hydrogens is 194 g/mol. The summed E-state index contributed by atoms with van der Waals surface area (Å²) in [6.45, 7) is -0.536. The van der Waals surface area contributed by atoms with Gasteiger partial charge in [0, 0.05) is 4.91 Å². The predicted molar refractivity (Wildman–Crippen MR) is 42.9 cm³/mol. The number of rotatable bonds is 3. The van der Waals surface area contributed by atoms with Gasteiger partial charge in [-0.25, -0.2) is 0 Å². The van der Waals surface area contributed by atoms with Crippen molar-refractivity contribution in [1.29, 1.82) is 0 Å². The molecule has 0 amide bonds. The Balaban J connectivity index is 2.73. The lowest BCUT2D eigenvalue weighted by Gasteiger charge is -2.18. The summed E-state index contributed by atoms with van der Waals surface area (Å²) in [5.74, 6) is 0. The van der Waals surface area contributed by atoms with Crippen molar-refractivity contribution in [2.45, 2.75) is 30.6 Å². The average Bonchev–Trinajstić information content (AvgIpc) is 2.42. The van der Waals surface area contributed by atoms with Crippen LogP contribution in [0.2, 0.25) is 0 Å². The second-order valence-electron chi connectivity index (χ2n) is 2.93. The maximum absolute atomic E-state index is 9.33. The van der Waals surface area contributed by atoms with E-state index in [1.54, 1.807) is 0 Å². The molecule has 0 aromatic rings. The molecule has 1 aliphatic rings. The van der Waals surface area contributed by atoms with Crippen LogP contribution in [-0.4, -0.2) is 57.7 Å². The minimum absolute atomic E-state index is 0.536. The molecule has 1 unspecified atom stereocenters. The van der Waals surface area contributed by atoms with E-state index in [0.29, 0.717) is 0 Å². The highest BCUT2D eigenvalue weighted by Crippen LogP contribution is 2.23. The molecule has 80 valence electrons. The molecule has 1 aliphatic heterocycles. The standard InChI is InChI=1S/C6H11N3O5/c7-9-8-2(1-10)5-3(11)4(12)6(13)14-5/h2-6,10-13H,1H2/t2-,3+,4-,5-,6?/m1/s1. The molecule has 0 bridgehead atoms. The number of hydrogen-bond acceptors (Lipinski definition) is 6. The molecule has 4 N–H and O–H groups in total. The van der Waals surface area contributed by atoms with E-state index < -0.39 is 37.3 Å². The van der Waals surface area contributed by atoms with Crippen LogP contribution in [0.3, 0.4) is 0 Å². The molecule has 8 heteroatoms. The molecule has 1 saturated heterocycles. The van der Waals surface area contributed by atoms with Crippen LogP contribution in [0, 0.1) is 0 Å². The van der Waals surface area contributed by atoms with Crippen molar-refractivity contribution < 1.29 is 25.2 Å². The molecule has 0 aromatic carbocycles. The van der Waals surface area contributed by atoms with E-state index in [4.69, 9.17) is 25.6 Å². The van der Waals surface area contributed by atoms with Crippen LogP contribution in [0.15, 0.2) is 5.11 Å². The highest BCUT2D eigenvalue weighted by Gasteiger charge is 2.45. The number of aliphatic hydroxyl groups is 4. The molecule has 0 spiro atoms. The van der Waals surface area contributed by atoms with E-state index >= 15 is 0 Å². The van der Waals surface area contributed by atoms with Gasteiger partial charge in [-0.15, -0.1) is 0 Å². The van der Waals surface area contributed by atoms with Gasteiger partial charge in [0.1, 0.15) is 18.3 Å². The lowest BCUT2D eigenvalue weighted by Crippen LogP contribution is -2.39. The number of nitrogens with zero attached hydrogens (tertiary/aromatic N) is 3. The number of aliphatic hydroxyl groups excluding tert-OH is 4. The molecule has 5 atom stereocenters. The summed E-state index contributed by atoms with van der Waals surface area (Å²) in [6.07, 6.45) is -5.46. The molecule has 8 nitrogen and oxygen atoms in total. The average molecular weight is 205 g/mol. The summed E-state index contributed by atoms with van der Waals surface area (Å²) < 4.78 is 4.72. The zero-order valence-electron chi connectivity index (χ0n) is 7.13. The molecule has 0 radical (unpaired) electrons. The van der Waals surface area contributed by atoms with E-state index in [2.05, 4.69) is 10.0 Å². The Bertz CT molecular complexity index is 244. The van der Waals surface area contributed by atoms with Crippen LogP contribution in [-0.2, 0) is 4.74 Å². The van der Waals surface area contributed by atoms with Gasteiger partial charge in [0.25, 0.3) is 0 Å². The third kappa shape index (κ3) is 1.95. The van der Waals surface area contributed by atoms with Gasteiger partial charge < -0.3 is 25.2 Å². The van der Waals surface area contributed by atoms with E-state index in [-0.39, 0.29) is 0 Å². The highest BCUT2D eigenvalue weighted by atomic mass is 16.6. The van der Waals surface area contributed by atoms with Gasteiger partial charge in [-0.3, -0.25) is 0 Å². The first kappa shape index (κ1) is 11.2. The zero-order valence-corrected chi connectivity index (χ0v) is 7.13. The Morgan fingerprint density at radius 3 is 2.36 bits per heavy atom. The first-order chi connectivity index (χ1) is 6.61. The van der Waals surface area contributed by atoms with Crippen molar-refractivity contribution >= 4 is 0 Å². The SMILES string of the molecule is [N-]=[N+]=N[C@H](CO)[C@H]1OC(O)[C@H](O)[C@@H]1O. The monoisotopic (exact) mass is 205 g/mol. The van der Waals surface area contributed by atoms with Crippen molar-refractivity contribution in [2.24, 2.45) is 5.11 Å². The summed E-state index contributed by atoms with van der Waals surface area (Å²) in [4.78, 5) is 2.45. The lowest BCUT2D eigenvalue weighted by molar-refractivity contribution is -0.131. The van der Waals surface area contributed by atoms with E-state index in [1.165, 1.54) is 0 Å². The fourth-order valence-corrected chi connectivity index (χ4v) is 1.28. The molecule has 1 rings (SSSR count). The van der Waals surface area contributed by atoms with E-state index in [0.717, 1.165) is 0 Å². The van der Waals surface area contributed by atoms with Crippen LogP contribution in [0.25, 0.3) is 10.4 Å². The van der Waals surface area contributed by atoms with Crippen molar-refractivity contribution in [1.82, 2.24) is 0 Å². The van der Waals surface area contributed by atoms with E-state index in [1.807, 2.05) is 0 Å². The quantitative estimate of drug-likeness (QED) is 0.242. The predicted octanol–water partition coefficient (Wildman–Crippen LogP) is -1.90. The normalized spacial score (nSPS) is 39.1. The number of azide groups is 1. The van der Waals surface area contributed by atoms with Gasteiger partial charge in [0.2, 0.25) is 0 Å². The molecule has 14 heavy (non-hydrogen) atoms. The van der Waals surface area contributed by atoms with Crippen LogP contribution in [0.4, 0.5) is 0 Å². The number of hydrogen-bond donors (Lipinski definition) is 4. The van der Waals surface area contributed by atoms with Crippen LogP contribution in [0.5, 0.6) is 0 Å². The van der Waals surface area contributed by atoms with Gasteiger partial charge in [-0.05, 0) is 5.53 Å². The first-order valence-corrected chi connectivity index (χ1v) is 3.96. The van der Waals surface area contributed by atoms with E-state index in [9.17, 15) is 5.11 Å². The Morgan fingerprint density at radius 1 is 1.36 bits per heavy atom. The van der Waals surface area contributed by atoms with Crippen molar-refractivity contribution in [3.05, 3.63) is 10.4 Å². The smallest absolute Gasteiger partial charge is 0.183 e. The van der Waals surface area contributed by atoms with Gasteiger partial charge >= 0.3 is 0 Å². The third-order valence-electron chi connectivity index (χ3n) is 2.04. The molecule has 1 fully saturated rings. The van der Waals surface area contributed by atoms with Crippen LogP contribution >= 0.6 is 0 Å². The molecule has 0 aliphatic carbocycles. The summed E-state index contributed by atoms with van der Waals surface area (Å²) in [5.41, 5.74) is 8.13. The third-order valence-corrected chi connectivity index (χ3v) is 2.04.